The van der Waals surface area contributed by atoms with Crippen LogP contribution < -0.4 is 10.2 Å². The van der Waals surface area contributed by atoms with Crippen LogP contribution in [0.4, 0.5) is 5.69 Å². The molecule has 2 aromatic heterocycles. The predicted octanol–water partition coefficient (Wildman–Crippen LogP) is 1.79. The second kappa shape index (κ2) is 7.25. The first-order valence-electron chi connectivity index (χ1n) is 10.4. The highest BCUT2D eigenvalue weighted by Crippen LogP contribution is 2.35. The van der Waals surface area contributed by atoms with E-state index < -0.39 is 0 Å². The Morgan fingerprint density at radius 1 is 1.24 bits per heavy atom. The molecular formula is C21H27N5O2S. The van der Waals surface area contributed by atoms with Gasteiger partial charge in [0.25, 0.3) is 5.91 Å². The summed E-state index contributed by atoms with van der Waals surface area (Å²) in [5, 5.41) is 6.35. The lowest BCUT2D eigenvalue weighted by molar-refractivity contribution is -0.129. The fourth-order valence-electron chi connectivity index (χ4n) is 5.02. The fourth-order valence-corrected chi connectivity index (χ4v) is 5.94. The van der Waals surface area contributed by atoms with Gasteiger partial charge in [0.05, 0.1) is 16.9 Å². The van der Waals surface area contributed by atoms with Crippen molar-refractivity contribution in [2.45, 2.75) is 31.8 Å². The van der Waals surface area contributed by atoms with Crippen molar-refractivity contribution in [2.24, 2.45) is 5.92 Å². The molecule has 7 nitrogen and oxygen atoms in total. The van der Waals surface area contributed by atoms with E-state index in [1.807, 2.05) is 13.1 Å². The smallest absolute Gasteiger partial charge is 0.270 e. The summed E-state index contributed by atoms with van der Waals surface area (Å²) >= 11 is 1.61. The van der Waals surface area contributed by atoms with Gasteiger partial charge in [0.15, 0.2) is 0 Å². The van der Waals surface area contributed by atoms with E-state index in [4.69, 9.17) is 0 Å². The van der Waals surface area contributed by atoms with Gasteiger partial charge in [-0.1, -0.05) is 0 Å². The Labute approximate surface area is 174 Å². The molecule has 4 aliphatic rings. The number of nitrogens with zero attached hydrogens (tertiary/aromatic N) is 4. The highest BCUT2D eigenvalue weighted by molar-refractivity contribution is 7.17. The van der Waals surface area contributed by atoms with Crippen molar-refractivity contribution in [3.63, 3.8) is 0 Å². The standard InChI is InChI=1S/C21H27N5O2S/c1-13-20(14-3-5-25(13)6-4-14)23-21(28)16-9-15-17(12-29-18(15)10-22-16)26-8-7-24(2)19(27)11-26/h9-10,12-14,20H,3-8,11H2,1-2H3,(H,23,28)/t13-,20-/m0/s1. The molecule has 0 unspecified atom stereocenters. The zero-order valence-corrected chi connectivity index (χ0v) is 17.7. The first kappa shape index (κ1) is 18.8. The maximum Gasteiger partial charge on any atom is 0.270 e. The zero-order valence-electron chi connectivity index (χ0n) is 16.9. The summed E-state index contributed by atoms with van der Waals surface area (Å²) in [7, 11) is 1.84. The third kappa shape index (κ3) is 3.28. The molecule has 2 atom stereocenters. The van der Waals surface area contributed by atoms with Crippen LogP contribution in [0.15, 0.2) is 17.6 Å². The molecule has 4 aliphatic heterocycles. The Kier molecular flexibility index (Phi) is 4.70. The number of piperidine rings is 3. The summed E-state index contributed by atoms with van der Waals surface area (Å²) < 4.78 is 1.04. The van der Waals surface area contributed by atoms with Crippen LogP contribution in [0.3, 0.4) is 0 Å². The second-order valence-electron chi connectivity index (χ2n) is 8.54. The van der Waals surface area contributed by atoms with Gasteiger partial charge >= 0.3 is 0 Å². The monoisotopic (exact) mass is 413 g/mol. The molecular weight excluding hydrogens is 386 g/mol. The Bertz CT molecular complexity index is 950. The Morgan fingerprint density at radius 3 is 2.76 bits per heavy atom. The van der Waals surface area contributed by atoms with Crippen molar-refractivity contribution in [3.05, 3.63) is 23.3 Å². The molecule has 2 amide bonds. The number of likely N-dealkylation sites (N-methyl/N-ethyl adjacent to an activating group) is 1. The number of amides is 2. The zero-order chi connectivity index (χ0) is 20.1. The van der Waals surface area contributed by atoms with Crippen molar-refractivity contribution >= 4 is 38.9 Å². The molecule has 0 radical (unpaired) electrons. The number of hydrogen-bond acceptors (Lipinski definition) is 6. The van der Waals surface area contributed by atoms with Gasteiger partial charge < -0.3 is 15.1 Å². The van der Waals surface area contributed by atoms with Gasteiger partial charge in [-0.3, -0.25) is 14.5 Å². The van der Waals surface area contributed by atoms with E-state index in [0.717, 1.165) is 48.2 Å². The lowest BCUT2D eigenvalue weighted by Crippen LogP contribution is -2.62. The second-order valence-corrected chi connectivity index (χ2v) is 9.45. The summed E-state index contributed by atoms with van der Waals surface area (Å²) in [4.78, 5) is 35.9. The van der Waals surface area contributed by atoms with Crippen LogP contribution in [0.2, 0.25) is 0 Å². The molecule has 6 heterocycles. The number of hydrogen-bond donors (Lipinski definition) is 1. The van der Waals surface area contributed by atoms with Gasteiger partial charge in [0.2, 0.25) is 5.91 Å². The summed E-state index contributed by atoms with van der Waals surface area (Å²) in [6, 6.07) is 2.47. The summed E-state index contributed by atoms with van der Waals surface area (Å²) in [5.41, 5.74) is 1.49. The number of anilines is 1. The van der Waals surface area contributed by atoms with Crippen molar-refractivity contribution in [3.8, 4) is 0 Å². The summed E-state index contributed by atoms with van der Waals surface area (Å²) in [6.07, 6.45) is 4.11. The number of thiophene rings is 1. The molecule has 1 N–H and O–H groups in total. The first-order chi connectivity index (χ1) is 14.0. The lowest BCUT2D eigenvalue weighted by Gasteiger charge is -2.49. The highest BCUT2D eigenvalue weighted by atomic mass is 32.1. The van der Waals surface area contributed by atoms with E-state index in [-0.39, 0.29) is 17.9 Å². The van der Waals surface area contributed by atoms with Crippen LogP contribution >= 0.6 is 11.3 Å². The fraction of sp³-hybridized carbons (Fsp3) is 0.571. The minimum Gasteiger partial charge on any atom is -0.359 e. The number of rotatable bonds is 3. The average molecular weight is 414 g/mol. The molecule has 4 fully saturated rings. The predicted molar refractivity (Wildman–Crippen MR) is 114 cm³/mol. The quantitative estimate of drug-likeness (QED) is 0.831. The molecule has 2 aromatic rings. The first-order valence-corrected chi connectivity index (χ1v) is 11.3. The number of aromatic nitrogens is 1. The topological polar surface area (TPSA) is 68.8 Å². The number of fused-ring (bicyclic) bond motifs is 4. The van der Waals surface area contributed by atoms with Crippen molar-refractivity contribution in [1.29, 1.82) is 0 Å². The lowest BCUT2D eigenvalue weighted by atomic mass is 9.79. The number of carbonyl (C=O) groups excluding carboxylic acids is 2. The number of carbonyl (C=O) groups is 2. The number of piperazine rings is 1. The van der Waals surface area contributed by atoms with Crippen molar-refractivity contribution in [2.75, 3.05) is 44.7 Å². The molecule has 4 saturated heterocycles. The van der Waals surface area contributed by atoms with Crippen molar-refractivity contribution < 1.29 is 9.59 Å². The molecule has 8 heteroatoms. The molecule has 154 valence electrons. The van der Waals surface area contributed by atoms with Crippen LogP contribution in [0.1, 0.15) is 30.3 Å². The van der Waals surface area contributed by atoms with Crippen LogP contribution in [0, 0.1) is 5.92 Å². The Balaban J connectivity index is 1.38. The van der Waals surface area contributed by atoms with Gasteiger partial charge in [-0.15, -0.1) is 11.3 Å². The number of pyridine rings is 1. The number of nitrogens with one attached hydrogen (secondary N) is 1. The molecule has 6 rings (SSSR count). The summed E-state index contributed by atoms with van der Waals surface area (Å²) in [6.45, 7) is 6.40. The van der Waals surface area contributed by atoms with E-state index in [0.29, 0.717) is 30.7 Å². The molecule has 0 aromatic carbocycles. The van der Waals surface area contributed by atoms with E-state index in [1.54, 1.807) is 22.4 Å². The molecule has 0 aliphatic carbocycles. The molecule has 2 bridgehead atoms. The highest BCUT2D eigenvalue weighted by Gasteiger charge is 2.40. The van der Waals surface area contributed by atoms with Gasteiger partial charge in [0.1, 0.15) is 5.69 Å². The average Bonchev–Trinajstić information content (AvgIpc) is 3.16. The molecule has 29 heavy (non-hydrogen) atoms. The van der Waals surface area contributed by atoms with E-state index in [2.05, 4.69) is 32.4 Å². The third-order valence-corrected chi connectivity index (χ3v) is 7.87. The normalized spacial score (nSPS) is 29.5. The minimum atomic E-state index is -0.0934. The van der Waals surface area contributed by atoms with E-state index in [9.17, 15) is 9.59 Å². The Hall–Kier alpha value is -2.19. The van der Waals surface area contributed by atoms with Crippen LogP contribution in [-0.2, 0) is 4.79 Å². The maximum atomic E-state index is 13.0. The molecule has 0 spiro atoms. The SMILES string of the molecule is C[C@H]1[C@H](NC(=O)c2cc3c(N4CCN(C)C(=O)C4)csc3cn2)C2CCN1CC2. The Morgan fingerprint density at radius 2 is 2.03 bits per heavy atom. The van der Waals surface area contributed by atoms with Crippen LogP contribution in [-0.4, -0.2) is 78.5 Å². The van der Waals surface area contributed by atoms with Gasteiger partial charge in [-0.25, -0.2) is 4.98 Å². The van der Waals surface area contributed by atoms with Gasteiger partial charge in [0, 0.05) is 49.2 Å². The molecule has 0 saturated carbocycles. The third-order valence-electron chi connectivity index (χ3n) is 6.95. The van der Waals surface area contributed by atoms with Gasteiger partial charge in [-0.2, -0.15) is 0 Å². The van der Waals surface area contributed by atoms with E-state index >= 15 is 0 Å². The van der Waals surface area contributed by atoms with E-state index in [1.165, 1.54) is 0 Å². The summed E-state index contributed by atoms with van der Waals surface area (Å²) in [5.74, 6) is 0.596. The largest absolute Gasteiger partial charge is 0.359 e. The van der Waals surface area contributed by atoms with Crippen LogP contribution in [0.5, 0.6) is 0 Å². The van der Waals surface area contributed by atoms with Crippen LogP contribution in [0.25, 0.3) is 10.1 Å². The van der Waals surface area contributed by atoms with Crippen molar-refractivity contribution in [1.82, 2.24) is 20.1 Å². The van der Waals surface area contributed by atoms with Gasteiger partial charge in [-0.05, 0) is 44.8 Å². The minimum absolute atomic E-state index is 0.0934. The maximum absolute atomic E-state index is 13.0.